The minimum atomic E-state index is -0.571. The number of halogens is 2. The van der Waals surface area contributed by atoms with E-state index in [1.54, 1.807) is 18.2 Å². The first-order valence-corrected chi connectivity index (χ1v) is 9.88. The second-order valence-corrected chi connectivity index (χ2v) is 7.41. The Kier molecular flexibility index (Phi) is 7.10. The van der Waals surface area contributed by atoms with E-state index in [4.69, 9.17) is 11.6 Å². The van der Waals surface area contributed by atoms with Gasteiger partial charge in [-0.25, -0.2) is 9.18 Å². The average Bonchev–Trinajstić information content (AvgIpc) is 2.75. The smallest absolute Gasteiger partial charge is 0.323 e. The van der Waals surface area contributed by atoms with Gasteiger partial charge in [0.05, 0.1) is 10.6 Å². The van der Waals surface area contributed by atoms with Gasteiger partial charge < -0.3 is 20.9 Å². The second-order valence-electron chi connectivity index (χ2n) is 7.00. The quantitative estimate of drug-likeness (QED) is 0.498. The summed E-state index contributed by atoms with van der Waals surface area (Å²) in [6.45, 7) is 0.385. The Morgan fingerprint density at radius 1 is 0.935 bits per heavy atom. The summed E-state index contributed by atoms with van der Waals surface area (Å²) in [4.78, 5) is 27.0. The van der Waals surface area contributed by atoms with Crippen LogP contribution in [0, 0.1) is 5.82 Å². The normalized spacial score (nSPS) is 10.3. The van der Waals surface area contributed by atoms with E-state index in [9.17, 15) is 14.0 Å². The summed E-state index contributed by atoms with van der Waals surface area (Å²) in [5, 5.41) is 8.06. The highest BCUT2D eigenvalue weighted by atomic mass is 35.5. The molecule has 0 fully saturated rings. The number of anilines is 3. The Labute approximate surface area is 185 Å². The summed E-state index contributed by atoms with van der Waals surface area (Å²) in [5.41, 5.74) is 2.88. The lowest BCUT2D eigenvalue weighted by atomic mass is 10.1. The third kappa shape index (κ3) is 5.96. The lowest BCUT2D eigenvalue weighted by molar-refractivity contribution is 0.0951. The van der Waals surface area contributed by atoms with Gasteiger partial charge in [0.25, 0.3) is 5.91 Å². The van der Waals surface area contributed by atoms with Crippen LogP contribution in [0.3, 0.4) is 0 Å². The fourth-order valence-corrected chi connectivity index (χ4v) is 3.11. The van der Waals surface area contributed by atoms with Crippen LogP contribution in [0.2, 0.25) is 5.02 Å². The molecule has 0 saturated heterocycles. The van der Waals surface area contributed by atoms with E-state index in [2.05, 4.69) is 16.0 Å². The first-order chi connectivity index (χ1) is 14.8. The van der Waals surface area contributed by atoms with Gasteiger partial charge in [-0.15, -0.1) is 0 Å². The number of hydrogen-bond acceptors (Lipinski definition) is 3. The van der Waals surface area contributed by atoms with Crippen molar-refractivity contribution in [3.8, 4) is 0 Å². The maximum atomic E-state index is 13.3. The molecule has 3 aromatic rings. The molecule has 0 atom stereocenters. The molecule has 6 nitrogen and oxygen atoms in total. The monoisotopic (exact) mass is 440 g/mol. The van der Waals surface area contributed by atoms with Crippen LogP contribution < -0.4 is 20.9 Å². The third-order valence-electron chi connectivity index (χ3n) is 4.45. The molecule has 0 heterocycles. The van der Waals surface area contributed by atoms with E-state index >= 15 is 0 Å². The average molecular weight is 441 g/mol. The van der Waals surface area contributed by atoms with Crippen molar-refractivity contribution in [2.45, 2.75) is 6.54 Å². The number of nitrogens with one attached hydrogen (secondary N) is 3. The summed E-state index contributed by atoms with van der Waals surface area (Å²) in [7, 11) is 3.67. The zero-order valence-corrected chi connectivity index (χ0v) is 17.8. The van der Waals surface area contributed by atoms with Gasteiger partial charge in [-0.05, 0) is 42.0 Å². The highest BCUT2D eigenvalue weighted by molar-refractivity contribution is 6.31. The fourth-order valence-electron chi connectivity index (χ4n) is 2.93. The van der Waals surface area contributed by atoms with Gasteiger partial charge in [-0.1, -0.05) is 41.9 Å². The van der Waals surface area contributed by atoms with E-state index < -0.39 is 11.8 Å². The topological polar surface area (TPSA) is 73.5 Å². The maximum Gasteiger partial charge on any atom is 0.323 e. The Bertz CT molecular complexity index is 1090. The van der Waals surface area contributed by atoms with Crippen LogP contribution in [0.1, 0.15) is 15.9 Å². The summed E-state index contributed by atoms with van der Waals surface area (Å²) in [6.07, 6.45) is 0. The number of urea groups is 1. The molecule has 3 rings (SSSR count). The Morgan fingerprint density at radius 3 is 2.23 bits per heavy atom. The molecule has 0 aliphatic heterocycles. The summed E-state index contributed by atoms with van der Waals surface area (Å²) >= 11 is 5.74. The molecule has 0 aliphatic rings. The second kappa shape index (κ2) is 9.95. The van der Waals surface area contributed by atoms with E-state index in [1.807, 2.05) is 49.3 Å². The van der Waals surface area contributed by atoms with Crippen molar-refractivity contribution in [3.63, 3.8) is 0 Å². The van der Waals surface area contributed by atoms with E-state index in [1.165, 1.54) is 18.2 Å². The lowest BCUT2D eigenvalue weighted by Crippen LogP contribution is -2.26. The van der Waals surface area contributed by atoms with Crippen molar-refractivity contribution >= 4 is 40.6 Å². The Morgan fingerprint density at radius 2 is 1.58 bits per heavy atom. The van der Waals surface area contributed by atoms with Crippen molar-refractivity contribution in [1.82, 2.24) is 5.32 Å². The molecule has 3 N–H and O–H groups in total. The highest BCUT2D eigenvalue weighted by Crippen LogP contribution is 2.24. The van der Waals surface area contributed by atoms with Gasteiger partial charge in [0.1, 0.15) is 5.82 Å². The molecule has 0 unspecified atom stereocenters. The van der Waals surface area contributed by atoms with Crippen molar-refractivity contribution in [3.05, 3.63) is 88.7 Å². The number of carbonyl (C=O) groups excluding carboxylic acids is 2. The molecule has 0 spiro atoms. The zero-order valence-electron chi connectivity index (χ0n) is 17.1. The van der Waals surface area contributed by atoms with Gasteiger partial charge in [-0.2, -0.15) is 0 Å². The molecule has 0 aliphatic carbocycles. The van der Waals surface area contributed by atoms with Crippen LogP contribution in [0.15, 0.2) is 66.7 Å². The highest BCUT2D eigenvalue weighted by Gasteiger charge is 2.15. The van der Waals surface area contributed by atoms with Crippen molar-refractivity contribution < 1.29 is 14.0 Å². The first-order valence-electron chi connectivity index (χ1n) is 9.50. The van der Waals surface area contributed by atoms with Crippen LogP contribution in [0.25, 0.3) is 0 Å². The van der Waals surface area contributed by atoms with Crippen molar-refractivity contribution in [2.75, 3.05) is 29.6 Å². The molecule has 0 aromatic heterocycles. The van der Waals surface area contributed by atoms with Gasteiger partial charge in [-0.3, -0.25) is 4.79 Å². The molecule has 8 heteroatoms. The van der Waals surface area contributed by atoms with Crippen LogP contribution in [-0.4, -0.2) is 26.0 Å². The summed E-state index contributed by atoms with van der Waals surface area (Å²) in [5.74, 6) is -0.833. The molecule has 160 valence electrons. The summed E-state index contributed by atoms with van der Waals surface area (Å²) in [6, 6.07) is 18.0. The van der Waals surface area contributed by atoms with Crippen LogP contribution in [-0.2, 0) is 6.54 Å². The Balaban J connectivity index is 1.73. The SMILES string of the molecule is CN(C)c1ccc(NC(=O)Nc2ccc(F)c(Cl)c2)cc1C(=O)NCc1ccccc1. The molecule has 31 heavy (non-hydrogen) atoms. The number of rotatable bonds is 6. The van der Waals surface area contributed by atoms with Crippen LogP contribution >= 0.6 is 11.6 Å². The minimum Gasteiger partial charge on any atom is -0.377 e. The van der Waals surface area contributed by atoms with Gasteiger partial charge in [0.15, 0.2) is 0 Å². The molecule has 3 amide bonds. The lowest BCUT2D eigenvalue weighted by Gasteiger charge is -2.19. The zero-order chi connectivity index (χ0) is 22.4. The van der Waals surface area contributed by atoms with Gasteiger partial charge in [0.2, 0.25) is 0 Å². The van der Waals surface area contributed by atoms with E-state index in [0.717, 1.165) is 5.56 Å². The standard InChI is InChI=1S/C23H22ClFN4O2/c1-29(2)21-11-9-16(27-23(31)28-17-8-10-20(25)19(24)13-17)12-18(21)22(30)26-14-15-6-4-3-5-7-15/h3-13H,14H2,1-2H3,(H,26,30)(H2,27,28,31). The predicted molar refractivity (Wildman–Crippen MR) is 122 cm³/mol. The third-order valence-corrected chi connectivity index (χ3v) is 4.74. The first kappa shape index (κ1) is 22.1. The van der Waals surface area contributed by atoms with Crippen molar-refractivity contribution in [1.29, 1.82) is 0 Å². The Hall–Kier alpha value is -3.58. The van der Waals surface area contributed by atoms with E-state index in [0.29, 0.717) is 29.2 Å². The summed E-state index contributed by atoms with van der Waals surface area (Å²) < 4.78 is 13.3. The van der Waals surface area contributed by atoms with Crippen LogP contribution in [0.4, 0.5) is 26.2 Å². The fraction of sp³-hybridized carbons (Fsp3) is 0.130. The largest absolute Gasteiger partial charge is 0.377 e. The number of benzene rings is 3. The number of hydrogen-bond donors (Lipinski definition) is 3. The molecular weight excluding hydrogens is 419 g/mol. The van der Waals surface area contributed by atoms with Crippen LogP contribution in [0.5, 0.6) is 0 Å². The van der Waals surface area contributed by atoms with Gasteiger partial charge in [0, 0.05) is 37.7 Å². The van der Waals surface area contributed by atoms with E-state index in [-0.39, 0.29) is 10.9 Å². The van der Waals surface area contributed by atoms with Crippen molar-refractivity contribution in [2.24, 2.45) is 0 Å². The molecule has 0 bridgehead atoms. The molecule has 0 saturated carbocycles. The number of carbonyl (C=O) groups is 2. The van der Waals surface area contributed by atoms with Gasteiger partial charge >= 0.3 is 6.03 Å². The number of nitrogens with zero attached hydrogens (tertiary/aromatic N) is 1. The minimum absolute atomic E-state index is 0.0921. The molecular formula is C23H22ClFN4O2. The number of amides is 3. The maximum absolute atomic E-state index is 13.3. The predicted octanol–water partition coefficient (Wildman–Crippen LogP) is 5.12. The molecule has 3 aromatic carbocycles. The molecule has 0 radical (unpaired) electrons.